The number of alkyl halides is 2. The molecule has 4 nitrogen and oxygen atoms in total. The maximum absolute atomic E-state index is 11.8. The average Bonchev–Trinajstić information content (AvgIpc) is 2.63. The molecule has 2 atom stereocenters. The fraction of sp³-hybridized carbons (Fsp3) is 0.900. The van der Waals surface area contributed by atoms with E-state index in [1.165, 1.54) is 12.8 Å². The molecule has 0 N–H and O–H groups in total. The van der Waals surface area contributed by atoms with Crippen molar-refractivity contribution in [3.8, 4) is 0 Å². The second-order valence-electron chi connectivity index (χ2n) is 7.13. The highest BCUT2D eigenvalue weighted by atomic mass is 35.5. The number of unbranched alkanes of at least 4 members (excludes halogenated alkanes) is 5. The molecule has 1 rings (SSSR count). The SMILES string of the molecule is O=C(CCCC(=O)OCC1CCCCC1Cl)OCCCCCCCCCl. The Bertz CT molecular complexity index is 390. The number of carbonyl (C=O) groups is 2. The Kier molecular flexibility index (Phi) is 14.1. The zero-order chi connectivity index (χ0) is 19.0. The van der Waals surface area contributed by atoms with Crippen LogP contribution in [0, 0.1) is 5.92 Å². The van der Waals surface area contributed by atoms with Crippen LogP contribution in [0.3, 0.4) is 0 Å². The van der Waals surface area contributed by atoms with Crippen LogP contribution in [0.15, 0.2) is 0 Å². The van der Waals surface area contributed by atoms with Crippen molar-refractivity contribution < 1.29 is 19.1 Å². The summed E-state index contributed by atoms with van der Waals surface area (Å²) in [5.41, 5.74) is 0. The van der Waals surface area contributed by atoms with E-state index in [-0.39, 0.29) is 36.1 Å². The Hall–Kier alpha value is -0.480. The van der Waals surface area contributed by atoms with Crippen molar-refractivity contribution in [2.24, 2.45) is 5.92 Å². The van der Waals surface area contributed by atoms with Gasteiger partial charge in [0.2, 0.25) is 0 Å². The van der Waals surface area contributed by atoms with Crippen LogP contribution in [0.25, 0.3) is 0 Å². The maximum atomic E-state index is 11.8. The first-order valence-electron chi connectivity index (χ1n) is 10.1. The quantitative estimate of drug-likeness (QED) is 0.212. The maximum Gasteiger partial charge on any atom is 0.305 e. The molecular formula is C20H34Cl2O4. The van der Waals surface area contributed by atoms with Gasteiger partial charge < -0.3 is 9.47 Å². The Balaban J connectivity index is 1.92. The molecule has 1 aliphatic rings. The molecule has 0 spiro atoms. The molecule has 0 bridgehead atoms. The molecule has 2 unspecified atom stereocenters. The van der Waals surface area contributed by atoms with Gasteiger partial charge in [0.25, 0.3) is 0 Å². The smallest absolute Gasteiger partial charge is 0.305 e. The number of carbonyl (C=O) groups excluding carboxylic acids is 2. The minimum atomic E-state index is -0.246. The second kappa shape index (κ2) is 15.6. The predicted molar refractivity (Wildman–Crippen MR) is 106 cm³/mol. The van der Waals surface area contributed by atoms with Gasteiger partial charge in [-0.2, -0.15) is 0 Å². The van der Waals surface area contributed by atoms with Crippen molar-refractivity contribution in [3.63, 3.8) is 0 Å². The molecule has 152 valence electrons. The van der Waals surface area contributed by atoms with Gasteiger partial charge in [-0.05, 0) is 32.1 Å². The van der Waals surface area contributed by atoms with E-state index < -0.39 is 0 Å². The molecule has 0 aliphatic heterocycles. The molecule has 0 aromatic heterocycles. The van der Waals surface area contributed by atoms with Gasteiger partial charge in [-0.25, -0.2) is 0 Å². The van der Waals surface area contributed by atoms with Crippen molar-refractivity contribution in [1.29, 1.82) is 0 Å². The molecule has 1 fully saturated rings. The van der Waals surface area contributed by atoms with E-state index >= 15 is 0 Å². The van der Waals surface area contributed by atoms with E-state index in [0.29, 0.717) is 19.6 Å². The first-order valence-corrected chi connectivity index (χ1v) is 11.1. The number of esters is 2. The molecule has 0 aromatic carbocycles. The highest BCUT2D eigenvalue weighted by Gasteiger charge is 2.24. The summed E-state index contributed by atoms with van der Waals surface area (Å²) in [6.45, 7) is 0.875. The summed E-state index contributed by atoms with van der Waals surface area (Å²) >= 11 is 11.9. The van der Waals surface area contributed by atoms with Gasteiger partial charge in [-0.3, -0.25) is 9.59 Å². The monoisotopic (exact) mass is 408 g/mol. The Morgan fingerprint density at radius 1 is 0.808 bits per heavy atom. The fourth-order valence-electron chi connectivity index (χ4n) is 3.16. The summed E-state index contributed by atoms with van der Waals surface area (Å²) in [5.74, 6) is 0.533. The topological polar surface area (TPSA) is 52.6 Å². The number of ether oxygens (including phenoxy) is 2. The summed E-state index contributed by atoms with van der Waals surface area (Å²) in [6.07, 6.45) is 11.9. The third kappa shape index (κ3) is 12.0. The summed E-state index contributed by atoms with van der Waals surface area (Å²) < 4.78 is 10.5. The van der Waals surface area contributed by atoms with Gasteiger partial charge >= 0.3 is 11.9 Å². The van der Waals surface area contributed by atoms with E-state index in [1.54, 1.807) is 0 Å². The zero-order valence-corrected chi connectivity index (χ0v) is 17.4. The average molecular weight is 409 g/mol. The largest absolute Gasteiger partial charge is 0.466 e. The minimum absolute atomic E-state index is 0.117. The molecule has 0 amide bonds. The van der Waals surface area contributed by atoms with Crippen molar-refractivity contribution in [2.45, 2.75) is 88.8 Å². The molecule has 0 heterocycles. The van der Waals surface area contributed by atoms with Crippen LogP contribution in [0.1, 0.15) is 83.5 Å². The van der Waals surface area contributed by atoms with Crippen LogP contribution >= 0.6 is 23.2 Å². The third-order valence-corrected chi connectivity index (χ3v) is 5.67. The van der Waals surface area contributed by atoms with Gasteiger partial charge in [0.15, 0.2) is 0 Å². The molecule has 0 saturated heterocycles. The lowest BCUT2D eigenvalue weighted by molar-refractivity contribution is -0.146. The third-order valence-electron chi connectivity index (χ3n) is 4.83. The van der Waals surface area contributed by atoms with Crippen LogP contribution in [0.2, 0.25) is 0 Å². The predicted octanol–water partition coefficient (Wildman–Crippen LogP) is 5.62. The molecule has 26 heavy (non-hydrogen) atoms. The molecule has 0 aromatic rings. The molecule has 6 heteroatoms. The number of hydrogen-bond donors (Lipinski definition) is 0. The van der Waals surface area contributed by atoms with E-state index in [2.05, 4.69) is 0 Å². The van der Waals surface area contributed by atoms with Gasteiger partial charge in [-0.15, -0.1) is 23.2 Å². The van der Waals surface area contributed by atoms with Crippen molar-refractivity contribution in [2.75, 3.05) is 19.1 Å². The molecular weight excluding hydrogens is 375 g/mol. The van der Waals surface area contributed by atoms with E-state index in [4.69, 9.17) is 32.7 Å². The summed E-state index contributed by atoms with van der Waals surface area (Å²) in [4.78, 5) is 23.4. The van der Waals surface area contributed by atoms with Gasteiger partial charge in [0.05, 0.1) is 13.2 Å². The van der Waals surface area contributed by atoms with E-state index in [9.17, 15) is 9.59 Å². The van der Waals surface area contributed by atoms with Crippen molar-refractivity contribution in [1.82, 2.24) is 0 Å². The summed E-state index contributed by atoms with van der Waals surface area (Å²) in [6, 6.07) is 0. The lowest BCUT2D eigenvalue weighted by Crippen LogP contribution is -2.25. The van der Waals surface area contributed by atoms with Crippen LogP contribution in [0.4, 0.5) is 0 Å². The molecule has 1 aliphatic carbocycles. The van der Waals surface area contributed by atoms with Gasteiger partial charge in [0.1, 0.15) is 0 Å². The first-order chi connectivity index (χ1) is 12.6. The lowest BCUT2D eigenvalue weighted by atomic mass is 9.89. The number of rotatable bonds is 14. The van der Waals surface area contributed by atoms with Crippen LogP contribution in [-0.2, 0) is 19.1 Å². The van der Waals surface area contributed by atoms with Gasteiger partial charge in [-0.1, -0.05) is 38.5 Å². The molecule has 1 saturated carbocycles. The van der Waals surface area contributed by atoms with Crippen LogP contribution in [0.5, 0.6) is 0 Å². The minimum Gasteiger partial charge on any atom is -0.466 e. The Labute approximate surface area is 168 Å². The standard InChI is InChI=1S/C20H34Cl2O4/c21-14-7-3-1-2-4-8-15-25-19(23)12-9-13-20(24)26-16-17-10-5-6-11-18(17)22/h17-18H,1-16H2. The first kappa shape index (κ1) is 23.6. The number of halogens is 2. The van der Waals surface area contributed by atoms with E-state index in [1.807, 2.05) is 0 Å². The number of hydrogen-bond acceptors (Lipinski definition) is 4. The normalized spacial score (nSPS) is 19.9. The lowest BCUT2D eigenvalue weighted by Gasteiger charge is -2.26. The zero-order valence-electron chi connectivity index (χ0n) is 15.9. The highest BCUT2D eigenvalue weighted by Crippen LogP contribution is 2.28. The van der Waals surface area contributed by atoms with Crippen LogP contribution < -0.4 is 0 Å². The Morgan fingerprint density at radius 3 is 2.12 bits per heavy atom. The van der Waals surface area contributed by atoms with Crippen molar-refractivity contribution in [3.05, 3.63) is 0 Å². The summed E-state index contributed by atoms with van der Waals surface area (Å²) in [7, 11) is 0. The van der Waals surface area contributed by atoms with Gasteiger partial charge in [0, 0.05) is 30.0 Å². The molecule has 0 radical (unpaired) electrons. The van der Waals surface area contributed by atoms with E-state index in [0.717, 1.165) is 57.2 Å². The highest BCUT2D eigenvalue weighted by molar-refractivity contribution is 6.20. The second-order valence-corrected chi connectivity index (χ2v) is 8.07. The summed E-state index contributed by atoms with van der Waals surface area (Å²) in [5, 5.41) is 0.117. The fourth-order valence-corrected chi connectivity index (χ4v) is 3.70. The van der Waals surface area contributed by atoms with Crippen molar-refractivity contribution >= 4 is 35.1 Å². The van der Waals surface area contributed by atoms with Crippen LogP contribution in [-0.4, -0.2) is 36.4 Å². The Morgan fingerprint density at radius 2 is 1.42 bits per heavy atom.